The van der Waals surface area contributed by atoms with Gasteiger partial charge in [0.2, 0.25) is 5.91 Å². The maximum atomic E-state index is 12.9. The third kappa shape index (κ3) is 4.47. The fourth-order valence-electron chi connectivity index (χ4n) is 3.79. The second-order valence-electron chi connectivity index (χ2n) is 7.77. The summed E-state index contributed by atoms with van der Waals surface area (Å²) in [6, 6.07) is 11.4. The molecule has 3 heterocycles. The number of nitrogens with zero attached hydrogens (tertiary/aromatic N) is 2. The highest BCUT2D eigenvalue weighted by Crippen LogP contribution is 2.34. The molecule has 176 valence electrons. The summed E-state index contributed by atoms with van der Waals surface area (Å²) in [5.41, 5.74) is 1.35. The molecule has 5 rings (SSSR count). The molecule has 2 aromatic carbocycles. The highest BCUT2D eigenvalue weighted by molar-refractivity contribution is 6.03. The van der Waals surface area contributed by atoms with Gasteiger partial charge in [0.1, 0.15) is 32.5 Å². The molecule has 2 aliphatic heterocycles. The predicted octanol–water partition coefficient (Wildman–Crippen LogP) is 3.27. The van der Waals surface area contributed by atoms with Crippen LogP contribution in [0.4, 0.5) is 11.4 Å². The molecular weight excluding hydrogens is 440 g/mol. The van der Waals surface area contributed by atoms with Crippen molar-refractivity contribution in [3.8, 4) is 23.0 Å². The maximum Gasteiger partial charge on any atom is 0.276 e. The minimum atomic E-state index is -0.593. The molecule has 0 spiro atoms. The number of nitrogens with one attached hydrogen (secondary N) is 2. The topological polar surface area (TPSA) is 113 Å². The number of carbonyl (C=O) groups excluding carboxylic acids is 2. The number of hydrogen-bond acceptors (Lipinski definition) is 7. The number of anilines is 2. The van der Waals surface area contributed by atoms with Gasteiger partial charge in [0.15, 0.2) is 28.7 Å². The average Bonchev–Trinajstić information content (AvgIpc) is 3.34. The molecule has 0 bridgehead atoms. The summed E-state index contributed by atoms with van der Waals surface area (Å²) in [6.45, 7) is 3.80. The van der Waals surface area contributed by atoms with E-state index in [1.54, 1.807) is 48.7 Å². The molecule has 10 nitrogen and oxygen atoms in total. The summed E-state index contributed by atoms with van der Waals surface area (Å²) in [4.78, 5) is 25.7. The molecule has 1 unspecified atom stereocenters. The van der Waals surface area contributed by atoms with Crippen molar-refractivity contribution >= 4 is 23.2 Å². The van der Waals surface area contributed by atoms with Crippen molar-refractivity contribution in [2.45, 2.75) is 19.4 Å². The minimum absolute atomic E-state index is 0.195. The molecule has 1 atom stereocenters. The molecule has 0 saturated carbocycles. The van der Waals surface area contributed by atoms with Crippen LogP contribution in [-0.2, 0) is 4.79 Å². The van der Waals surface area contributed by atoms with Gasteiger partial charge in [-0.1, -0.05) is 6.92 Å². The lowest BCUT2D eigenvalue weighted by Gasteiger charge is -2.20. The molecule has 2 N–H and O–H groups in total. The molecule has 0 aliphatic carbocycles. The number of fused-ring (bicyclic) bond motifs is 2. The summed E-state index contributed by atoms with van der Waals surface area (Å²) in [7, 11) is 0. The van der Waals surface area contributed by atoms with Crippen molar-refractivity contribution < 1.29 is 28.5 Å². The van der Waals surface area contributed by atoms with E-state index in [0.717, 1.165) is 0 Å². The second-order valence-corrected chi connectivity index (χ2v) is 7.77. The first-order valence-electron chi connectivity index (χ1n) is 11.1. The molecular formula is C24H24N4O6. The third-order valence-electron chi connectivity index (χ3n) is 5.46. The summed E-state index contributed by atoms with van der Waals surface area (Å²) in [5, 5.41) is 10.0. The Hall–Kier alpha value is -4.21. The van der Waals surface area contributed by atoms with Gasteiger partial charge in [0.25, 0.3) is 5.91 Å². The van der Waals surface area contributed by atoms with Crippen LogP contribution in [0.1, 0.15) is 29.9 Å². The van der Waals surface area contributed by atoms with E-state index in [2.05, 4.69) is 15.7 Å². The van der Waals surface area contributed by atoms with E-state index in [9.17, 15) is 9.59 Å². The predicted molar refractivity (Wildman–Crippen MR) is 123 cm³/mol. The molecule has 2 aliphatic rings. The average molecular weight is 464 g/mol. The van der Waals surface area contributed by atoms with Gasteiger partial charge in [-0.15, -0.1) is 0 Å². The van der Waals surface area contributed by atoms with Crippen LogP contribution < -0.4 is 29.6 Å². The molecule has 1 aromatic heterocycles. The molecule has 34 heavy (non-hydrogen) atoms. The summed E-state index contributed by atoms with van der Waals surface area (Å²) in [5.74, 6) is 1.82. The zero-order valence-corrected chi connectivity index (χ0v) is 18.6. The SMILES string of the molecule is CCC(C(=O)Nc1ccc2c(c1)OCCO2)n1ccc(C(=O)Nc2ccc3c(c2)OCCO3)n1. The Morgan fingerprint density at radius 2 is 1.41 bits per heavy atom. The minimum Gasteiger partial charge on any atom is -0.486 e. The standard InChI is InChI=1S/C24H24N4O6/c1-2-18(24(30)26-16-4-6-20-22(14-16)34-12-10-32-20)28-8-7-17(27-28)23(29)25-15-3-5-19-21(13-15)33-11-9-31-19/h3-8,13-14,18H,2,9-12H2,1H3,(H,25,29)(H,26,30). The number of ether oxygens (including phenoxy) is 4. The van der Waals surface area contributed by atoms with Crippen LogP contribution >= 0.6 is 0 Å². The first kappa shape index (κ1) is 21.6. The summed E-state index contributed by atoms with van der Waals surface area (Å²) < 4.78 is 23.6. The maximum absolute atomic E-state index is 12.9. The van der Waals surface area contributed by atoms with Crippen molar-refractivity contribution in [1.29, 1.82) is 0 Å². The smallest absolute Gasteiger partial charge is 0.276 e. The van der Waals surface area contributed by atoms with E-state index in [4.69, 9.17) is 18.9 Å². The molecule has 0 radical (unpaired) electrons. The van der Waals surface area contributed by atoms with Crippen molar-refractivity contribution in [3.63, 3.8) is 0 Å². The Bertz CT molecular complexity index is 1220. The number of aromatic nitrogens is 2. The Morgan fingerprint density at radius 1 is 0.853 bits per heavy atom. The zero-order valence-electron chi connectivity index (χ0n) is 18.6. The Kier molecular flexibility index (Phi) is 5.94. The molecule has 0 saturated heterocycles. The summed E-state index contributed by atoms with van der Waals surface area (Å²) in [6.07, 6.45) is 2.11. The van der Waals surface area contributed by atoms with E-state index in [1.165, 1.54) is 4.68 Å². The number of carbonyl (C=O) groups is 2. The van der Waals surface area contributed by atoms with Gasteiger partial charge < -0.3 is 29.6 Å². The third-order valence-corrected chi connectivity index (χ3v) is 5.46. The zero-order chi connectivity index (χ0) is 23.5. The number of rotatable bonds is 6. The molecule has 10 heteroatoms. The highest BCUT2D eigenvalue weighted by atomic mass is 16.6. The van der Waals surface area contributed by atoms with Crippen LogP contribution in [0.25, 0.3) is 0 Å². The van der Waals surface area contributed by atoms with E-state index in [-0.39, 0.29) is 11.6 Å². The van der Waals surface area contributed by atoms with Gasteiger partial charge in [-0.25, -0.2) is 0 Å². The molecule has 0 fully saturated rings. The fraction of sp³-hybridized carbons (Fsp3) is 0.292. The van der Waals surface area contributed by atoms with Crippen LogP contribution in [-0.4, -0.2) is 48.0 Å². The van der Waals surface area contributed by atoms with Crippen molar-refractivity contribution in [1.82, 2.24) is 9.78 Å². The Labute approximate surface area is 195 Å². The van der Waals surface area contributed by atoms with Crippen molar-refractivity contribution in [2.24, 2.45) is 0 Å². The van der Waals surface area contributed by atoms with E-state index in [1.807, 2.05) is 6.92 Å². The largest absolute Gasteiger partial charge is 0.486 e. The van der Waals surface area contributed by atoms with Crippen LogP contribution in [0.15, 0.2) is 48.7 Å². The molecule has 2 amide bonds. The molecule has 3 aromatic rings. The monoisotopic (exact) mass is 464 g/mol. The van der Waals surface area contributed by atoms with E-state index < -0.39 is 11.9 Å². The van der Waals surface area contributed by atoms with Crippen LogP contribution in [0.3, 0.4) is 0 Å². The number of benzene rings is 2. The number of hydrogen-bond donors (Lipinski definition) is 2. The second kappa shape index (κ2) is 9.34. The van der Waals surface area contributed by atoms with Gasteiger partial charge in [-0.3, -0.25) is 14.3 Å². The number of amides is 2. The van der Waals surface area contributed by atoms with Gasteiger partial charge in [-0.05, 0) is 36.8 Å². The van der Waals surface area contributed by atoms with E-state index in [0.29, 0.717) is 67.2 Å². The van der Waals surface area contributed by atoms with Gasteiger partial charge in [0.05, 0.1) is 0 Å². The van der Waals surface area contributed by atoms with Gasteiger partial charge in [-0.2, -0.15) is 5.10 Å². The quantitative estimate of drug-likeness (QED) is 0.576. The first-order valence-corrected chi connectivity index (χ1v) is 11.1. The van der Waals surface area contributed by atoms with Crippen molar-refractivity contribution in [2.75, 3.05) is 37.1 Å². The normalized spacial score (nSPS) is 14.7. The van der Waals surface area contributed by atoms with Crippen LogP contribution in [0.5, 0.6) is 23.0 Å². The highest BCUT2D eigenvalue weighted by Gasteiger charge is 2.22. The summed E-state index contributed by atoms with van der Waals surface area (Å²) >= 11 is 0. The lowest BCUT2D eigenvalue weighted by atomic mass is 10.2. The lowest BCUT2D eigenvalue weighted by Crippen LogP contribution is -2.26. The van der Waals surface area contributed by atoms with Gasteiger partial charge in [0, 0.05) is 29.7 Å². The fourth-order valence-corrected chi connectivity index (χ4v) is 3.79. The van der Waals surface area contributed by atoms with Crippen LogP contribution in [0, 0.1) is 0 Å². The van der Waals surface area contributed by atoms with Crippen molar-refractivity contribution in [3.05, 3.63) is 54.4 Å². The first-order chi connectivity index (χ1) is 16.6. The van der Waals surface area contributed by atoms with Crippen LogP contribution in [0.2, 0.25) is 0 Å². The van der Waals surface area contributed by atoms with Gasteiger partial charge >= 0.3 is 0 Å². The van der Waals surface area contributed by atoms with E-state index >= 15 is 0 Å². The Morgan fingerprint density at radius 3 is 2.00 bits per heavy atom. The lowest BCUT2D eigenvalue weighted by molar-refractivity contribution is -0.119. The Balaban J connectivity index is 1.26.